The fourth-order valence-corrected chi connectivity index (χ4v) is 5.44. The van der Waals surface area contributed by atoms with Crippen molar-refractivity contribution < 1.29 is 37.0 Å². The van der Waals surface area contributed by atoms with Crippen molar-refractivity contribution in [2.24, 2.45) is 0 Å². The molecular formula is C33H31Cl3F3N3O5. The van der Waals surface area contributed by atoms with Gasteiger partial charge in [-0.3, -0.25) is 14.4 Å². The summed E-state index contributed by atoms with van der Waals surface area (Å²) < 4.78 is 52.3. The number of fused-ring (bicyclic) bond motifs is 2. The van der Waals surface area contributed by atoms with E-state index in [2.05, 4.69) is 16.8 Å². The van der Waals surface area contributed by atoms with Crippen molar-refractivity contribution in [1.29, 1.82) is 0 Å². The maximum atomic E-state index is 13.8. The summed E-state index contributed by atoms with van der Waals surface area (Å²) in [5.74, 6) is -1.86. The second-order valence-electron chi connectivity index (χ2n) is 10.5. The van der Waals surface area contributed by atoms with E-state index < -0.39 is 30.2 Å². The number of allylic oxidation sites excluding steroid dienone is 1. The molecule has 14 heteroatoms. The number of nitrogens with one attached hydrogen (secondary N) is 1. The van der Waals surface area contributed by atoms with Gasteiger partial charge in [-0.2, -0.15) is 13.2 Å². The minimum Gasteiger partial charge on any atom is -0.482 e. The van der Waals surface area contributed by atoms with Crippen LogP contribution in [0.2, 0.25) is 15.1 Å². The number of likely N-dealkylation sites (N-methyl/N-ethyl adjacent to an activating group) is 1. The zero-order chi connectivity index (χ0) is 34.6. The standard InChI is InChI=1S/C33H31Cl3F3N3O5/c1-5-18(4)31(44)20-9-11-25(30(36)29(20)35)46-17-28(43)40-23-16-26-21(15-22(23)34)32(45)42(13-12-41(6-2)7-3)24-10-8-19(33(37,38)39)14-27(24)47-26/h8-11,14-16H,4-7,12-13,17H2,1-3H3,(H,40,43). The quantitative estimate of drug-likeness (QED) is 0.149. The fraction of sp³-hybridized carbons (Fsp3) is 0.303. The zero-order valence-electron chi connectivity index (χ0n) is 25.7. The lowest BCUT2D eigenvalue weighted by molar-refractivity contribution is -0.137. The summed E-state index contributed by atoms with van der Waals surface area (Å²) in [6.45, 7) is 10.9. The largest absolute Gasteiger partial charge is 0.482 e. The highest BCUT2D eigenvalue weighted by molar-refractivity contribution is 6.45. The molecule has 2 amide bonds. The lowest BCUT2D eigenvalue weighted by Gasteiger charge is -2.26. The Balaban J connectivity index is 1.59. The number of alkyl halides is 3. The van der Waals surface area contributed by atoms with E-state index in [1.54, 1.807) is 6.92 Å². The number of Topliss-reactive ketones (excluding diaryl/α,β-unsaturated/α-hetero) is 1. The monoisotopic (exact) mass is 711 g/mol. The van der Waals surface area contributed by atoms with E-state index in [-0.39, 0.29) is 67.1 Å². The Morgan fingerprint density at radius 1 is 1.00 bits per heavy atom. The Labute approximate surface area is 285 Å². The summed E-state index contributed by atoms with van der Waals surface area (Å²) in [5, 5.41) is 2.39. The van der Waals surface area contributed by atoms with Crippen molar-refractivity contribution in [3.05, 3.63) is 86.4 Å². The normalized spacial score (nSPS) is 12.6. The Morgan fingerprint density at radius 3 is 2.34 bits per heavy atom. The van der Waals surface area contributed by atoms with Crippen molar-refractivity contribution in [3.8, 4) is 17.2 Å². The maximum Gasteiger partial charge on any atom is 0.416 e. The molecule has 1 N–H and O–H groups in total. The summed E-state index contributed by atoms with van der Waals surface area (Å²) in [5.41, 5.74) is -0.306. The topological polar surface area (TPSA) is 88.2 Å². The van der Waals surface area contributed by atoms with Crippen molar-refractivity contribution in [3.63, 3.8) is 0 Å². The predicted molar refractivity (Wildman–Crippen MR) is 177 cm³/mol. The van der Waals surface area contributed by atoms with E-state index in [9.17, 15) is 27.6 Å². The molecule has 8 nitrogen and oxygen atoms in total. The smallest absolute Gasteiger partial charge is 0.416 e. The van der Waals surface area contributed by atoms with E-state index in [0.29, 0.717) is 31.6 Å². The summed E-state index contributed by atoms with van der Waals surface area (Å²) in [4.78, 5) is 42.6. The molecule has 3 aromatic carbocycles. The van der Waals surface area contributed by atoms with E-state index in [4.69, 9.17) is 44.3 Å². The van der Waals surface area contributed by atoms with E-state index >= 15 is 0 Å². The van der Waals surface area contributed by atoms with Crippen LogP contribution >= 0.6 is 34.8 Å². The molecular weight excluding hydrogens is 682 g/mol. The van der Waals surface area contributed by atoms with Gasteiger partial charge in [0.15, 0.2) is 18.1 Å². The second-order valence-corrected chi connectivity index (χ2v) is 11.6. The average Bonchev–Trinajstić information content (AvgIpc) is 3.14. The Morgan fingerprint density at radius 2 is 1.70 bits per heavy atom. The van der Waals surface area contributed by atoms with Gasteiger partial charge in [-0.05, 0) is 61.5 Å². The number of ether oxygens (including phenoxy) is 2. The molecule has 1 aliphatic heterocycles. The van der Waals surface area contributed by atoms with Crippen molar-refractivity contribution in [2.75, 3.05) is 43.0 Å². The third-order valence-corrected chi connectivity index (χ3v) is 8.73. The van der Waals surface area contributed by atoms with Gasteiger partial charge in [0.1, 0.15) is 16.5 Å². The maximum absolute atomic E-state index is 13.8. The predicted octanol–water partition coefficient (Wildman–Crippen LogP) is 8.93. The lowest BCUT2D eigenvalue weighted by Crippen LogP contribution is -2.38. The number of ketones is 1. The van der Waals surface area contributed by atoms with Crippen molar-refractivity contribution >= 4 is 63.8 Å². The molecule has 4 rings (SSSR count). The third-order valence-electron chi connectivity index (χ3n) is 7.55. The molecule has 0 atom stereocenters. The first-order chi connectivity index (χ1) is 22.2. The lowest BCUT2D eigenvalue weighted by atomic mass is 10.0. The average molecular weight is 713 g/mol. The molecule has 1 heterocycles. The molecule has 0 aliphatic carbocycles. The summed E-state index contributed by atoms with van der Waals surface area (Å²) >= 11 is 19.1. The van der Waals surface area contributed by atoms with Crippen LogP contribution in [-0.4, -0.2) is 55.3 Å². The number of hydrogen-bond acceptors (Lipinski definition) is 6. The molecule has 0 radical (unpaired) electrons. The number of amides is 2. The Hall–Kier alpha value is -3.77. The number of rotatable bonds is 12. The molecule has 3 aromatic rings. The van der Waals surface area contributed by atoms with E-state index in [0.717, 1.165) is 12.1 Å². The van der Waals surface area contributed by atoms with Gasteiger partial charge in [-0.25, -0.2) is 0 Å². The molecule has 0 fully saturated rings. The van der Waals surface area contributed by atoms with E-state index in [1.165, 1.54) is 35.2 Å². The second kappa shape index (κ2) is 15.0. The third kappa shape index (κ3) is 8.03. The Bertz CT molecular complexity index is 1730. The minimum atomic E-state index is -4.66. The van der Waals surface area contributed by atoms with Crippen LogP contribution in [0, 0.1) is 0 Å². The molecule has 250 valence electrons. The zero-order valence-corrected chi connectivity index (χ0v) is 28.0. The van der Waals surface area contributed by atoms with Gasteiger partial charge in [0.05, 0.1) is 32.5 Å². The molecule has 0 saturated heterocycles. The number of benzene rings is 3. The van der Waals surface area contributed by atoms with Gasteiger partial charge in [-0.1, -0.05) is 62.2 Å². The Kier molecular flexibility index (Phi) is 11.5. The molecule has 0 bridgehead atoms. The molecule has 0 aromatic heterocycles. The SMILES string of the molecule is C=C(CC)C(=O)c1ccc(OCC(=O)Nc2cc3c(cc2Cl)C(=O)N(CCN(CC)CC)c2ccc(C(F)(F)F)cc2O3)c(Cl)c1Cl. The molecule has 0 saturated carbocycles. The molecule has 1 aliphatic rings. The van der Waals surface area contributed by atoms with Crippen LogP contribution in [0.15, 0.2) is 54.6 Å². The van der Waals surface area contributed by atoms with Crippen molar-refractivity contribution in [1.82, 2.24) is 4.90 Å². The number of nitrogens with zero attached hydrogens (tertiary/aromatic N) is 2. The fourth-order valence-electron chi connectivity index (χ4n) is 4.77. The first-order valence-corrected chi connectivity index (χ1v) is 15.7. The highest BCUT2D eigenvalue weighted by Crippen LogP contribution is 2.44. The van der Waals surface area contributed by atoms with Gasteiger partial charge in [-0.15, -0.1) is 0 Å². The summed E-state index contributed by atoms with van der Waals surface area (Å²) in [6, 6.07) is 8.27. The van der Waals surface area contributed by atoms with Crippen LogP contribution < -0.4 is 19.7 Å². The number of hydrogen-bond donors (Lipinski definition) is 1. The van der Waals surface area contributed by atoms with Crippen molar-refractivity contribution in [2.45, 2.75) is 33.4 Å². The van der Waals surface area contributed by atoms with Gasteiger partial charge < -0.3 is 24.6 Å². The number of carbonyl (C=O) groups is 3. The molecule has 47 heavy (non-hydrogen) atoms. The highest BCUT2D eigenvalue weighted by atomic mass is 35.5. The van der Waals surface area contributed by atoms with Crippen LogP contribution in [0.5, 0.6) is 17.2 Å². The van der Waals surface area contributed by atoms with Gasteiger partial charge in [0, 0.05) is 24.7 Å². The molecule has 0 spiro atoms. The first-order valence-electron chi connectivity index (χ1n) is 14.6. The summed E-state index contributed by atoms with van der Waals surface area (Å²) in [6.07, 6.45) is -4.23. The van der Waals surface area contributed by atoms with Crippen LogP contribution in [0.1, 0.15) is 53.5 Å². The minimum absolute atomic E-state index is 0.00429. The highest BCUT2D eigenvalue weighted by Gasteiger charge is 2.35. The number of anilines is 2. The first kappa shape index (κ1) is 36.1. The van der Waals surface area contributed by atoms with Crippen LogP contribution in [-0.2, 0) is 11.0 Å². The van der Waals surface area contributed by atoms with Crippen LogP contribution in [0.4, 0.5) is 24.5 Å². The van der Waals surface area contributed by atoms with Crippen LogP contribution in [0.3, 0.4) is 0 Å². The van der Waals surface area contributed by atoms with Crippen LogP contribution in [0.25, 0.3) is 0 Å². The number of carbonyl (C=O) groups excluding carboxylic acids is 3. The molecule has 0 unspecified atom stereocenters. The van der Waals surface area contributed by atoms with Gasteiger partial charge >= 0.3 is 6.18 Å². The van der Waals surface area contributed by atoms with E-state index in [1.807, 2.05) is 13.8 Å². The number of halogens is 6. The summed E-state index contributed by atoms with van der Waals surface area (Å²) in [7, 11) is 0. The van der Waals surface area contributed by atoms with Gasteiger partial charge in [0.2, 0.25) is 0 Å². The van der Waals surface area contributed by atoms with Gasteiger partial charge in [0.25, 0.3) is 11.8 Å².